The number of carbonyl (C=O) groups is 2. The van der Waals surface area contributed by atoms with Gasteiger partial charge in [0.05, 0.1) is 17.6 Å². The topological polar surface area (TPSA) is 67.3 Å². The van der Waals surface area contributed by atoms with E-state index in [0.29, 0.717) is 11.4 Å². The first-order valence-electron chi connectivity index (χ1n) is 13.5. The van der Waals surface area contributed by atoms with Crippen molar-refractivity contribution in [2.75, 3.05) is 5.75 Å². The number of benzene rings is 3. The zero-order chi connectivity index (χ0) is 28.5. The normalized spacial score (nSPS) is 13.6. The van der Waals surface area contributed by atoms with Gasteiger partial charge in [-0.2, -0.15) is 12.6 Å². The lowest BCUT2D eigenvalue weighted by atomic mass is 9.97. The van der Waals surface area contributed by atoms with Crippen molar-refractivity contribution in [3.63, 3.8) is 0 Å². The maximum Gasteiger partial charge on any atom is 0.303 e. The minimum atomic E-state index is -0.693. The van der Waals surface area contributed by atoms with Crippen LogP contribution in [0.3, 0.4) is 0 Å². The monoisotopic (exact) mass is 571 g/mol. The third-order valence-corrected chi connectivity index (χ3v) is 8.11. The molecule has 6 heteroatoms. The Balaban J connectivity index is 0.000000350. The Bertz CT molecular complexity index is 1530. The molecule has 0 unspecified atom stereocenters. The second-order valence-electron chi connectivity index (χ2n) is 10.4. The van der Waals surface area contributed by atoms with E-state index in [9.17, 15) is 9.59 Å². The molecular formula is C34H34ClNO3S. The lowest BCUT2D eigenvalue weighted by Gasteiger charge is -2.07. The van der Waals surface area contributed by atoms with Gasteiger partial charge in [-0.05, 0) is 91.2 Å². The van der Waals surface area contributed by atoms with E-state index in [0.717, 1.165) is 71.1 Å². The quantitative estimate of drug-likeness (QED) is 0.148. The van der Waals surface area contributed by atoms with E-state index < -0.39 is 5.97 Å². The number of nitrogens with zero attached hydrogens (tertiary/aromatic N) is 1. The van der Waals surface area contributed by atoms with Gasteiger partial charge in [0.25, 0.3) is 0 Å². The van der Waals surface area contributed by atoms with Crippen LogP contribution < -0.4 is 0 Å². The van der Waals surface area contributed by atoms with Crippen LogP contribution in [0.25, 0.3) is 23.1 Å². The molecule has 1 N–H and O–H groups in total. The van der Waals surface area contributed by atoms with Gasteiger partial charge in [0.2, 0.25) is 0 Å². The molecule has 40 heavy (non-hydrogen) atoms. The lowest BCUT2D eigenvalue weighted by molar-refractivity contribution is -0.138. The van der Waals surface area contributed by atoms with Crippen molar-refractivity contribution in [2.24, 2.45) is 5.41 Å². The average Bonchev–Trinajstić information content (AvgIpc) is 3.71. The van der Waals surface area contributed by atoms with Gasteiger partial charge in [0.1, 0.15) is 0 Å². The molecule has 4 nitrogen and oxygen atoms in total. The zero-order valence-electron chi connectivity index (χ0n) is 22.6. The van der Waals surface area contributed by atoms with Crippen LogP contribution in [0.4, 0.5) is 0 Å². The molecule has 0 bridgehead atoms. The molecule has 0 aliphatic heterocycles. The molecule has 1 fully saturated rings. The number of halogens is 1. The summed E-state index contributed by atoms with van der Waals surface area (Å²) in [6.45, 7) is 1.63. The van der Waals surface area contributed by atoms with Gasteiger partial charge in [-0.15, -0.1) is 0 Å². The first-order valence-corrected chi connectivity index (χ1v) is 14.5. The van der Waals surface area contributed by atoms with Crippen LogP contribution in [0.2, 0.25) is 5.02 Å². The lowest BCUT2D eigenvalue weighted by Crippen LogP contribution is -2.09. The van der Waals surface area contributed by atoms with Gasteiger partial charge in [0, 0.05) is 16.0 Å². The number of aryl methyl sites for hydroxylation is 2. The molecule has 1 saturated carbocycles. The fraction of sp³-hybridized carbons (Fsp3) is 0.265. The summed E-state index contributed by atoms with van der Waals surface area (Å²) in [5.74, 6) is 0.160. The van der Waals surface area contributed by atoms with Crippen molar-refractivity contribution in [3.8, 4) is 0 Å². The predicted molar refractivity (Wildman–Crippen MR) is 168 cm³/mol. The van der Waals surface area contributed by atoms with Crippen LogP contribution in [0.15, 0.2) is 78.9 Å². The largest absolute Gasteiger partial charge is 0.481 e. The summed E-state index contributed by atoms with van der Waals surface area (Å²) in [6.07, 6.45) is 9.39. The van der Waals surface area contributed by atoms with Crippen molar-refractivity contribution >= 4 is 59.0 Å². The summed E-state index contributed by atoms with van der Waals surface area (Å²) >= 11 is 10.2. The van der Waals surface area contributed by atoms with Crippen molar-refractivity contribution in [3.05, 3.63) is 112 Å². The molecule has 206 valence electrons. The number of carboxylic acids is 1. The van der Waals surface area contributed by atoms with Crippen LogP contribution in [0.5, 0.6) is 0 Å². The summed E-state index contributed by atoms with van der Waals surface area (Å²) < 4.78 is 0. The van der Waals surface area contributed by atoms with E-state index in [1.165, 1.54) is 5.56 Å². The molecule has 3 aromatic carbocycles. The molecule has 1 aliphatic carbocycles. The summed E-state index contributed by atoms with van der Waals surface area (Å²) in [5, 5.41) is 10.2. The van der Waals surface area contributed by atoms with Crippen molar-refractivity contribution in [1.29, 1.82) is 0 Å². The number of hydrogen-bond donors (Lipinski definition) is 2. The number of fused-ring (bicyclic) bond motifs is 1. The standard InChI is InChI=1S/C28H24ClNO.C6H10O2S/c1-20(31)27-11-3-2-9-23(27)10-5-8-21-6-4-7-22(18-21)12-16-26-17-14-24-13-15-25(29)19-28(24)30-26;7-5(8)3-6(4-9)1-2-6/h2-4,6-7,9,11-19H,5,8,10H2,1H3;9H,1-4H2,(H,7,8)/b16-12+;. The number of hydrogen-bond acceptors (Lipinski definition) is 4. The Kier molecular flexibility index (Phi) is 10.2. The third-order valence-electron chi connectivity index (χ3n) is 7.20. The number of pyridine rings is 1. The van der Waals surface area contributed by atoms with E-state index in [1.54, 1.807) is 6.92 Å². The fourth-order valence-corrected chi connectivity index (χ4v) is 5.28. The van der Waals surface area contributed by atoms with Gasteiger partial charge in [-0.1, -0.05) is 78.3 Å². The Hall–Kier alpha value is -3.41. The van der Waals surface area contributed by atoms with Gasteiger partial charge >= 0.3 is 5.97 Å². The number of rotatable bonds is 10. The summed E-state index contributed by atoms with van der Waals surface area (Å²) in [4.78, 5) is 26.7. The Morgan fingerprint density at radius 3 is 2.45 bits per heavy atom. The molecule has 0 radical (unpaired) electrons. The van der Waals surface area contributed by atoms with E-state index >= 15 is 0 Å². The highest BCUT2D eigenvalue weighted by Gasteiger charge is 2.42. The van der Waals surface area contributed by atoms with Crippen LogP contribution in [0, 0.1) is 5.41 Å². The van der Waals surface area contributed by atoms with Crippen LogP contribution in [0.1, 0.15) is 65.3 Å². The number of aromatic nitrogens is 1. The average molecular weight is 572 g/mol. The highest BCUT2D eigenvalue weighted by Crippen LogP contribution is 2.49. The summed E-state index contributed by atoms with van der Waals surface area (Å²) in [6, 6.07) is 26.3. The molecule has 0 atom stereocenters. The second kappa shape index (κ2) is 13.8. The molecule has 0 saturated heterocycles. The van der Waals surface area contributed by atoms with E-state index in [2.05, 4.69) is 60.1 Å². The van der Waals surface area contributed by atoms with Crippen molar-refractivity contribution in [2.45, 2.75) is 45.4 Å². The van der Waals surface area contributed by atoms with Crippen LogP contribution in [-0.2, 0) is 17.6 Å². The Labute approximate surface area is 246 Å². The predicted octanol–water partition coefficient (Wildman–Crippen LogP) is 8.61. The highest BCUT2D eigenvalue weighted by atomic mass is 35.5. The van der Waals surface area contributed by atoms with Gasteiger partial charge in [0.15, 0.2) is 5.78 Å². The molecule has 4 aromatic rings. The Morgan fingerprint density at radius 1 is 0.975 bits per heavy atom. The molecule has 0 spiro atoms. The van der Waals surface area contributed by atoms with Gasteiger partial charge in [-0.25, -0.2) is 4.98 Å². The number of carboxylic acid groups (broad SMARTS) is 1. The maximum absolute atomic E-state index is 11.8. The third kappa shape index (κ3) is 8.54. The number of thiol groups is 1. The Morgan fingerprint density at radius 2 is 1.75 bits per heavy atom. The van der Waals surface area contributed by atoms with Gasteiger partial charge in [-0.3, -0.25) is 9.59 Å². The molecular weight excluding hydrogens is 538 g/mol. The number of aliphatic carboxylic acids is 1. The molecule has 0 amide bonds. The van der Waals surface area contributed by atoms with Gasteiger partial charge < -0.3 is 5.11 Å². The highest BCUT2D eigenvalue weighted by molar-refractivity contribution is 7.80. The number of ketones is 1. The van der Waals surface area contributed by atoms with E-state index in [-0.39, 0.29) is 11.2 Å². The number of carbonyl (C=O) groups excluding carboxylic acids is 1. The van der Waals surface area contributed by atoms with Crippen molar-refractivity contribution < 1.29 is 14.7 Å². The van der Waals surface area contributed by atoms with E-state index in [1.807, 2.05) is 48.5 Å². The maximum atomic E-state index is 11.8. The molecule has 1 heterocycles. The first-order chi connectivity index (χ1) is 19.3. The minimum absolute atomic E-state index is 0.0783. The smallest absolute Gasteiger partial charge is 0.303 e. The van der Waals surface area contributed by atoms with E-state index in [4.69, 9.17) is 16.7 Å². The molecule has 1 aliphatic rings. The summed E-state index contributed by atoms with van der Waals surface area (Å²) in [7, 11) is 0. The van der Waals surface area contributed by atoms with Crippen LogP contribution >= 0.6 is 24.2 Å². The van der Waals surface area contributed by atoms with Crippen molar-refractivity contribution in [1.82, 2.24) is 4.98 Å². The number of Topliss-reactive ketones (excluding diaryl/α,β-unsaturated/α-hetero) is 1. The second-order valence-corrected chi connectivity index (χ2v) is 11.2. The summed E-state index contributed by atoms with van der Waals surface area (Å²) in [5.41, 5.74) is 6.29. The fourth-order valence-electron chi connectivity index (χ4n) is 4.69. The molecule has 5 rings (SSSR count). The minimum Gasteiger partial charge on any atom is -0.481 e. The zero-order valence-corrected chi connectivity index (χ0v) is 24.3. The van der Waals surface area contributed by atoms with Crippen LogP contribution in [-0.4, -0.2) is 27.6 Å². The molecule has 1 aromatic heterocycles. The SMILES string of the molecule is CC(=O)c1ccccc1CCCc1cccc(/C=C/c2ccc3ccc(Cl)cc3n2)c1.O=C(O)CC1(CS)CC1. The first kappa shape index (κ1) is 29.6.